The number of guanidine groups is 1. The van der Waals surface area contributed by atoms with Gasteiger partial charge in [-0.05, 0) is 36.3 Å². The highest BCUT2D eigenvalue weighted by Gasteiger charge is 2.35. The number of aliphatic imine (C=N–C) groups is 1. The van der Waals surface area contributed by atoms with Gasteiger partial charge in [-0.1, -0.05) is 31.0 Å². The van der Waals surface area contributed by atoms with Crippen molar-refractivity contribution in [1.29, 1.82) is 0 Å². The van der Waals surface area contributed by atoms with Gasteiger partial charge in [-0.2, -0.15) is 0 Å². The molecule has 0 spiro atoms. The highest BCUT2D eigenvalue weighted by atomic mass is 32.2. The Morgan fingerprint density at radius 1 is 1.19 bits per heavy atom. The second-order valence-corrected chi connectivity index (χ2v) is 9.63. The molecule has 7 heteroatoms. The zero-order chi connectivity index (χ0) is 18.7. The summed E-state index contributed by atoms with van der Waals surface area (Å²) in [4.78, 5) is 7.13. The van der Waals surface area contributed by atoms with Gasteiger partial charge in [-0.3, -0.25) is 4.99 Å². The predicted molar refractivity (Wildman–Crippen MR) is 105 cm³/mol. The molecule has 1 saturated heterocycles. The second kappa shape index (κ2) is 7.96. The topological polar surface area (TPSA) is 65.0 Å². The number of hydrogen-bond donors (Lipinski definition) is 1. The SMILES string of the molecule is CN=C(NCc1ccccc1S(=O)(=O)N(C)C)N1CC2CCCCC2C1. The summed E-state index contributed by atoms with van der Waals surface area (Å²) >= 11 is 0. The molecule has 0 amide bonds. The van der Waals surface area contributed by atoms with Gasteiger partial charge in [0, 0.05) is 40.8 Å². The van der Waals surface area contributed by atoms with Crippen LogP contribution in [0.3, 0.4) is 0 Å². The first-order chi connectivity index (χ1) is 12.4. The molecule has 1 aliphatic heterocycles. The molecular formula is C19H30N4O2S. The summed E-state index contributed by atoms with van der Waals surface area (Å²) in [5, 5.41) is 3.38. The van der Waals surface area contributed by atoms with Gasteiger partial charge in [0.1, 0.15) is 0 Å². The Kier molecular flexibility index (Phi) is 5.87. The first-order valence-electron chi connectivity index (χ1n) is 9.39. The maximum atomic E-state index is 12.6. The third-order valence-corrected chi connectivity index (χ3v) is 7.57. The van der Waals surface area contributed by atoms with Crippen molar-refractivity contribution in [2.45, 2.75) is 37.1 Å². The van der Waals surface area contributed by atoms with E-state index in [0.29, 0.717) is 11.4 Å². The number of benzene rings is 1. The average Bonchev–Trinajstić information content (AvgIpc) is 3.06. The number of nitrogens with one attached hydrogen (secondary N) is 1. The monoisotopic (exact) mass is 378 g/mol. The maximum absolute atomic E-state index is 12.6. The van der Waals surface area contributed by atoms with Crippen LogP contribution < -0.4 is 5.32 Å². The number of sulfonamides is 1. The van der Waals surface area contributed by atoms with Crippen LogP contribution in [0.5, 0.6) is 0 Å². The van der Waals surface area contributed by atoms with Crippen LogP contribution in [0.1, 0.15) is 31.2 Å². The van der Waals surface area contributed by atoms with Crippen molar-refractivity contribution >= 4 is 16.0 Å². The number of hydrogen-bond acceptors (Lipinski definition) is 3. The molecule has 2 aliphatic rings. The van der Waals surface area contributed by atoms with Gasteiger partial charge in [-0.25, -0.2) is 12.7 Å². The molecule has 2 fully saturated rings. The highest BCUT2D eigenvalue weighted by molar-refractivity contribution is 7.89. The van der Waals surface area contributed by atoms with E-state index in [-0.39, 0.29) is 0 Å². The summed E-state index contributed by atoms with van der Waals surface area (Å²) in [5.74, 6) is 2.43. The standard InChI is InChI=1S/C19H30N4O2S/c1-20-19(23-13-16-9-4-5-10-17(16)14-23)21-12-15-8-6-7-11-18(15)26(24,25)22(2)3/h6-8,11,16-17H,4-5,9-10,12-14H2,1-3H3,(H,20,21). The lowest BCUT2D eigenvalue weighted by Crippen LogP contribution is -2.40. The third kappa shape index (κ3) is 3.88. The molecule has 0 aromatic heterocycles. The van der Waals surface area contributed by atoms with E-state index in [2.05, 4.69) is 15.2 Å². The van der Waals surface area contributed by atoms with E-state index in [4.69, 9.17) is 0 Å². The predicted octanol–water partition coefficient (Wildman–Crippen LogP) is 2.13. The largest absolute Gasteiger partial charge is 0.352 e. The molecule has 2 unspecified atom stereocenters. The fourth-order valence-corrected chi connectivity index (χ4v) is 5.30. The summed E-state index contributed by atoms with van der Waals surface area (Å²) in [6, 6.07) is 7.17. The van der Waals surface area contributed by atoms with Crippen LogP contribution >= 0.6 is 0 Å². The summed E-state index contributed by atoms with van der Waals surface area (Å²) in [6.07, 6.45) is 5.33. The molecule has 1 aromatic rings. The molecule has 144 valence electrons. The molecule has 1 saturated carbocycles. The van der Waals surface area contributed by atoms with Crippen LogP contribution in [0.15, 0.2) is 34.2 Å². The van der Waals surface area contributed by atoms with Crippen molar-refractivity contribution < 1.29 is 8.42 Å². The number of fused-ring (bicyclic) bond motifs is 1. The van der Waals surface area contributed by atoms with Crippen LogP contribution in [0.4, 0.5) is 0 Å². The lowest BCUT2D eigenvalue weighted by molar-refractivity contribution is 0.299. The summed E-state index contributed by atoms with van der Waals surface area (Å²) in [6.45, 7) is 2.56. The second-order valence-electron chi connectivity index (χ2n) is 7.51. The molecule has 1 N–H and O–H groups in total. The highest BCUT2D eigenvalue weighted by Crippen LogP contribution is 2.36. The quantitative estimate of drug-likeness (QED) is 0.644. The van der Waals surface area contributed by atoms with Crippen LogP contribution in [0, 0.1) is 11.8 Å². The Morgan fingerprint density at radius 2 is 1.81 bits per heavy atom. The smallest absolute Gasteiger partial charge is 0.242 e. The first-order valence-corrected chi connectivity index (χ1v) is 10.8. The van der Waals surface area contributed by atoms with E-state index in [9.17, 15) is 8.42 Å². The fraction of sp³-hybridized carbons (Fsp3) is 0.632. The van der Waals surface area contributed by atoms with Crippen molar-refractivity contribution in [2.75, 3.05) is 34.2 Å². The van der Waals surface area contributed by atoms with Crippen LogP contribution in [0.25, 0.3) is 0 Å². The molecule has 1 heterocycles. The summed E-state index contributed by atoms with van der Waals surface area (Å²) in [7, 11) is 1.46. The van der Waals surface area contributed by atoms with Crippen LogP contribution in [0.2, 0.25) is 0 Å². The van der Waals surface area contributed by atoms with Crippen LogP contribution in [-0.4, -0.2) is 57.8 Å². The average molecular weight is 379 g/mol. The molecule has 6 nitrogen and oxygen atoms in total. The molecule has 0 bridgehead atoms. The van der Waals surface area contributed by atoms with Gasteiger partial charge in [0.2, 0.25) is 10.0 Å². The summed E-state index contributed by atoms with van der Waals surface area (Å²) in [5.41, 5.74) is 0.763. The fourth-order valence-electron chi connectivity index (χ4n) is 4.18. The minimum atomic E-state index is -3.46. The van der Waals surface area contributed by atoms with E-state index in [0.717, 1.165) is 36.4 Å². The number of nitrogens with zero attached hydrogens (tertiary/aromatic N) is 3. The van der Waals surface area contributed by atoms with E-state index in [1.54, 1.807) is 33.3 Å². The molecule has 1 aromatic carbocycles. The Bertz CT molecular complexity index is 747. The van der Waals surface area contributed by atoms with Gasteiger partial charge in [0.15, 0.2) is 5.96 Å². The van der Waals surface area contributed by atoms with Crippen molar-refractivity contribution in [3.8, 4) is 0 Å². The maximum Gasteiger partial charge on any atom is 0.242 e. The molecule has 2 atom stereocenters. The van der Waals surface area contributed by atoms with Crippen molar-refractivity contribution in [2.24, 2.45) is 16.8 Å². The van der Waals surface area contributed by atoms with Gasteiger partial charge in [0.05, 0.1) is 4.90 Å². The molecule has 1 aliphatic carbocycles. The summed E-state index contributed by atoms with van der Waals surface area (Å²) < 4.78 is 26.4. The van der Waals surface area contributed by atoms with Gasteiger partial charge in [0.25, 0.3) is 0 Å². The van der Waals surface area contributed by atoms with Gasteiger partial charge >= 0.3 is 0 Å². The Hall–Kier alpha value is -1.60. The minimum absolute atomic E-state index is 0.350. The van der Waals surface area contributed by atoms with E-state index >= 15 is 0 Å². The van der Waals surface area contributed by atoms with Gasteiger partial charge in [-0.15, -0.1) is 0 Å². The number of rotatable bonds is 4. The molecule has 3 rings (SSSR count). The van der Waals surface area contributed by atoms with Gasteiger partial charge < -0.3 is 10.2 Å². The molecule has 0 radical (unpaired) electrons. The lowest BCUT2D eigenvalue weighted by Gasteiger charge is -2.22. The van der Waals surface area contributed by atoms with Crippen LogP contribution in [-0.2, 0) is 16.6 Å². The Labute approximate surface area is 157 Å². The lowest BCUT2D eigenvalue weighted by atomic mass is 9.82. The number of likely N-dealkylation sites (tertiary alicyclic amines) is 1. The van der Waals surface area contributed by atoms with Crippen molar-refractivity contribution in [1.82, 2.24) is 14.5 Å². The zero-order valence-electron chi connectivity index (χ0n) is 16.0. The van der Waals surface area contributed by atoms with E-state index in [1.165, 1.54) is 30.0 Å². The van der Waals surface area contributed by atoms with E-state index < -0.39 is 10.0 Å². The molecule has 26 heavy (non-hydrogen) atoms. The minimum Gasteiger partial charge on any atom is -0.352 e. The normalized spacial score (nSPS) is 24.0. The Balaban J connectivity index is 1.71. The zero-order valence-corrected chi connectivity index (χ0v) is 16.8. The first kappa shape index (κ1) is 19.2. The Morgan fingerprint density at radius 3 is 2.38 bits per heavy atom. The molecular weight excluding hydrogens is 348 g/mol. The van der Waals surface area contributed by atoms with Crippen molar-refractivity contribution in [3.05, 3.63) is 29.8 Å². The third-order valence-electron chi connectivity index (χ3n) is 5.66. The van der Waals surface area contributed by atoms with Crippen molar-refractivity contribution in [3.63, 3.8) is 0 Å². The van der Waals surface area contributed by atoms with E-state index in [1.807, 2.05) is 12.1 Å².